The van der Waals surface area contributed by atoms with E-state index in [9.17, 15) is 9.59 Å². The Bertz CT molecular complexity index is 270. The largest absolute Gasteiger partial charge is 0.371 e. The van der Waals surface area contributed by atoms with Gasteiger partial charge in [-0.15, -0.1) is 0 Å². The molecule has 2 rings (SSSR count). The summed E-state index contributed by atoms with van der Waals surface area (Å²) in [6.07, 6.45) is 2.11. The fourth-order valence-electron chi connectivity index (χ4n) is 1.77. The number of rotatable bonds is 5. The molecule has 0 unspecified atom stereocenters. The van der Waals surface area contributed by atoms with Crippen molar-refractivity contribution in [3.8, 4) is 0 Å². The van der Waals surface area contributed by atoms with Gasteiger partial charge in [0.1, 0.15) is 6.61 Å². The number of nitrogens with two attached hydrogens (primary N) is 1. The fraction of sp³-hybridized carbons (Fsp3) is 0.800. The predicted molar refractivity (Wildman–Crippen MR) is 52.8 cm³/mol. The van der Waals surface area contributed by atoms with Gasteiger partial charge in [-0.05, 0) is 12.8 Å². The Labute approximate surface area is 88.5 Å². The minimum atomic E-state index is -0.444. The average Bonchev–Trinajstić information content (AvgIpc) is 2.90. The molecule has 5 nitrogen and oxygen atoms in total. The van der Waals surface area contributed by atoms with Gasteiger partial charge < -0.3 is 15.4 Å². The SMILES string of the molecule is NC(=O)COCC1CN(C(=O)C2CC2)C1. The van der Waals surface area contributed by atoms with Crippen molar-refractivity contribution >= 4 is 11.8 Å². The highest BCUT2D eigenvalue weighted by Gasteiger charge is 2.38. The van der Waals surface area contributed by atoms with E-state index in [0.717, 1.165) is 25.9 Å². The molecule has 1 aliphatic carbocycles. The summed E-state index contributed by atoms with van der Waals surface area (Å²) in [4.78, 5) is 23.8. The van der Waals surface area contributed by atoms with E-state index < -0.39 is 5.91 Å². The molecular weight excluding hydrogens is 196 g/mol. The number of primary amides is 1. The van der Waals surface area contributed by atoms with Gasteiger partial charge in [-0.25, -0.2) is 0 Å². The van der Waals surface area contributed by atoms with Crippen molar-refractivity contribution in [1.29, 1.82) is 0 Å². The zero-order valence-corrected chi connectivity index (χ0v) is 8.65. The molecule has 0 spiro atoms. The summed E-state index contributed by atoms with van der Waals surface area (Å²) in [5.41, 5.74) is 4.93. The molecule has 1 heterocycles. The first-order valence-electron chi connectivity index (χ1n) is 5.31. The third kappa shape index (κ3) is 2.68. The summed E-state index contributed by atoms with van der Waals surface area (Å²) in [6, 6.07) is 0. The molecule has 0 bridgehead atoms. The van der Waals surface area contributed by atoms with Crippen LogP contribution in [0.3, 0.4) is 0 Å². The zero-order chi connectivity index (χ0) is 10.8. The number of amides is 2. The molecule has 1 saturated heterocycles. The van der Waals surface area contributed by atoms with Gasteiger partial charge >= 0.3 is 0 Å². The number of hydrogen-bond acceptors (Lipinski definition) is 3. The summed E-state index contributed by atoms with van der Waals surface area (Å²) in [5.74, 6) is 0.533. The van der Waals surface area contributed by atoms with Crippen LogP contribution in [0.15, 0.2) is 0 Å². The Hall–Kier alpha value is -1.10. The van der Waals surface area contributed by atoms with Crippen molar-refractivity contribution in [2.24, 2.45) is 17.6 Å². The molecule has 2 fully saturated rings. The van der Waals surface area contributed by atoms with E-state index >= 15 is 0 Å². The third-order valence-electron chi connectivity index (χ3n) is 2.79. The second-order valence-electron chi connectivity index (χ2n) is 4.36. The lowest BCUT2D eigenvalue weighted by atomic mass is 10.0. The van der Waals surface area contributed by atoms with E-state index in [1.807, 2.05) is 4.90 Å². The van der Waals surface area contributed by atoms with Gasteiger partial charge in [0.15, 0.2) is 0 Å². The third-order valence-corrected chi connectivity index (χ3v) is 2.79. The van der Waals surface area contributed by atoms with E-state index in [4.69, 9.17) is 10.5 Å². The van der Waals surface area contributed by atoms with Crippen LogP contribution in [0.4, 0.5) is 0 Å². The van der Waals surface area contributed by atoms with Crippen LogP contribution in [0.1, 0.15) is 12.8 Å². The van der Waals surface area contributed by atoms with Gasteiger partial charge in [-0.2, -0.15) is 0 Å². The standard InChI is InChI=1S/C10H16N2O3/c11-9(13)6-15-5-7-3-12(4-7)10(14)8-1-2-8/h7-8H,1-6H2,(H2,11,13). The smallest absolute Gasteiger partial charge is 0.243 e. The molecule has 2 N–H and O–H groups in total. The summed E-state index contributed by atoms with van der Waals surface area (Å²) in [6.45, 7) is 2.05. The molecule has 0 aromatic carbocycles. The molecule has 0 aromatic heterocycles. The molecule has 0 atom stereocenters. The maximum Gasteiger partial charge on any atom is 0.243 e. The number of nitrogens with zero attached hydrogens (tertiary/aromatic N) is 1. The quantitative estimate of drug-likeness (QED) is 0.658. The monoisotopic (exact) mass is 212 g/mol. The average molecular weight is 212 g/mol. The van der Waals surface area contributed by atoms with Gasteiger partial charge in [-0.1, -0.05) is 0 Å². The van der Waals surface area contributed by atoms with Crippen molar-refractivity contribution in [3.05, 3.63) is 0 Å². The molecule has 1 saturated carbocycles. The van der Waals surface area contributed by atoms with Gasteiger partial charge in [0.2, 0.25) is 11.8 Å². The van der Waals surface area contributed by atoms with Gasteiger partial charge in [-0.3, -0.25) is 9.59 Å². The zero-order valence-electron chi connectivity index (χ0n) is 8.65. The number of ether oxygens (including phenoxy) is 1. The second-order valence-corrected chi connectivity index (χ2v) is 4.36. The van der Waals surface area contributed by atoms with Crippen LogP contribution < -0.4 is 5.73 Å². The van der Waals surface area contributed by atoms with Crippen LogP contribution in [-0.2, 0) is 14.3 Å². The molecule has 5 heteroatoms. The lowest BCUT2D eigenvalue weighted by Crippen LogP contribution is -2.52. The summed E-state index contributed by atoms with van der Waals surface area (Å²) in [7, 11) is 0. The van der Waals surface area contributed by atoms with E-state index in [1.165, 1.54) is 0 Å². The van der Waals surface area contributed by atoms with Crippen molar-refractivity contribution in [1.82, 2.24) is 4.90 Å². The highest BCUT2D eigenvalue weighted by atomic mass is 16.5. The van der Waals surface area contributed by atoms with Crippen LogP contribution in [0.2, 0.25) is 0 Å². The minimum Gasteiger partial charge on any atom is -0.371 e. The molecule has 0 aromatic rings. The molecular formula is C10H16N2O3. The maximum absolute atomic E-state index is 11.5. The van der Waals surface area contributed by atoms with Crippen molar-refractivity contribution < 1.29 is 14.3 Å². The van der Waals surface area contributed by atoms with Crippen molar-refractivity contribution in [3.63, 3.8) is 0 Å². The Morgan fingerprint density at radius 1 is 1.33 bits per heavy atom. The molecule has 1 aliphatic heterocycles. The Kier molecular flexibility index (Phi) is 2.90. The maximum atomic E-state index is 11.5. The molecule has 2 aliphatic rings. The van der Waals surface area contributed by atoms with Crippen molar-refractivity contribution in [2.45, 2.75) is 12.8 Å². The van der Waals surface area contributed by atoms with E-state index in [1.54, 1.807) is 0 Å². The molecule has 84 valence electrons. The molecule has 15 heavy (non-hydrogen) atoms. The lowest BCUT2D eigenvalue weighted by Gasteiger charge is -2.39. The van der Waals surface area contributed by atoms with Crippen LogP contribution in [0.25, 0.3) is 0 Å². The Balaban J connectivity index is 1.57. The molecule has 0 radical (unpaired) electrons. The first-order valence-corrected chi connectivity index (χ1v) is 5.31. The highest BCUT2D eigenvalue weighted by molar-refractivity contribution is 5.81. The summed E-state index contributed by atoms with van der Waals surface area (Å²) in [5, 5.41) is 0. The van der Waals surface area contributed by atoms with Crippen LogP contribution in [0.5, 0.6) is 0 Å². The van der Waals surface area contributed by atoms with E-state index in [2.05, 4.69) is 0 Å². The lowest BCUT2D eigenvalue weighted by molar-refractivity contribution is -0.141. The van der Waals surface area contributed by atoms with Gasteiger partial charge in [0, 0.05) is 24.9 Å². The van der Waals surface area contributed by atoms with Gasteiger partial charge in [0.05, 0.1) is 6.61 Å². The number of carbonyl (C=O) groups is 2. The van der Waals surface area contributed by atoms with Crippen molar-refractivity contribution in [2.75, 3.05) is 26.3 Å². The first-order chi connectivity index (χ1) is 7.16. The summed E-state index contributed by atoms with van der Waals surface area (Å²) >= 11 is 0. The first kappa shape index (κ1) is 10.4. The van der Waals surface area contributed by atoms with Crippen LogP contribution in [0, 0.1) is 11.8 Å². The summed E-state index contributed by atoms with van der Waals surface area (Å²) < 4.78 is 5.09. The number of likely N-dealkylation sites (tertiary alicyclic amines) is 1. The minimum absolute atomic E-state index is 0.0208. The van der Waals surface area contributed by atoms with E-state index in [-0.39, 0.29) is 6.61 Å². The topological polar surface area (TPSA) is 72.6 Å². The Morgan fingerprint density at radius 2 is 2.00 bits per heavy atom. The molecule has 2 amide bonds. The van der Waals surface area contributed by atoms with E-state index in [0.29, 0.717) is 24.3 Å². The number of hydrogen-bond donors (Lipinski definition) is 1. The number of carbonyl (C=O) groups excluding carboxylic acids is 2. The van der Waals surface area contributed by atoms with Crippen LogP contribution in [-0.4, -0.2) is 43.0 Å². The fourth-order valence-corrected chi connectivity index (χ4v) is 1.77. The predicted octanol–water partition coefficient (Wildman–Crippen LogP) is -0.643. The van der Waals surface area contributed by atoms with Gasteiger partial charge in [0.25, 0.3) is 0 Å². The normalized spacial score (nSPS) is 21.2. The Morgan fingerprint density at radius 3 is 2.53 bits per heavy atom. The second kappa shape index (κ2) is 4.18. The highest BCUT2D eigenvalue weighted by Crippen LogP contribution is 2.33. The van der Waals surface area contributed by atoms with Crippen LogP contribution >= 0.6 is 0 Å².